The van der Waals surface area contributed by atoms with E-state index in [1.165, 1.54) is 16.8 Å². The highest BCUT2D eigenvalue weighted by molar-refractivity contribution is 8.00. The van der Waals surface area contributed by atoms with Gasteiger partial charge in [-0.15, -0.1) is 11.8 Å². The third-order valence-electron chi connectivity index (χ3n) is 5.83. The number of imidazole rings is 1. The molecule has 10 heteroatoms. The van der Waals surface area contributed by atoms with Crippen LogP contribution in [-0.4, -0.2) is 46.3 Å². The Morgan fingerprint density at radius 2 is 1.78 bits per heavy atom. The van der Waals surface area contributed by atoms with Crippen LogP contribution in [0.25, 0.3) is 22.4 Å². The number of para-hydroxylation sites is 2. The molecule has 0 spiro atoms. The maximum atomic E-state index is 13.3. The van der Waals surface area contributed by atoms with E-state index in [4.69, 9.17) is 26.1 Å². The first kappa shape index (κ1) is 24.0. The Balaban J connectivity index is 1.43. The molecule has 1 aliphatic heterocycles. The van der Waals surface area contributed by atoms with Crippen LogP contribution in [0.5, 0.6) is 11.5 Å². The molecule has 0 aliphatic carbocycles. The van der Waals surface area contributed by atoms with E-state index in [9.17, 15) is 9.59 Å². The monoisotopic (exact) mass is 522 g/mol. The van der Waals surface area contributed by atoms with Crippen molar-refractivity contribution in [2.24, 2.45) is 0 Å². The number of hydrazine groups is 1. The molecule has 1 aliphatic rings. The molecular weight excluding hydrogens is 500 g/mol. The van der Waals surface area contributed by atoms with Gasteiger partial charge < -0.3 is 14.0 Å². The van der Waals surface area contributed by atoms with Gasteiger partial charge in [0.25, 0.3) is 11.8 Å². The van der Waals surface area contributed by atoms with Crippen molar-refractivity contribution >= 4 is 46.2 Å². The van der Waals surface area contributed by atoms with Crippen molar-refractivity contribution in [1.29, 1.82) is 0 Å². The second kappa shape index (κ2) is 10.1. The number of amides is 2. The average Bonchev–Trinajstić information content (AvgIpc) is 3.44. The molecule has 2 heterocycles. The first-order chi connectivity index (χ1) is 17.5. The number of ether oxygens (including phenoxy) is 2. The number of aromatic nitrogens is 2. The number of carbonyl (C=O) groups excluding carboxylic acids is 2. The molecule has 1 fully saturated rings. The van der Waals surface area contributed by atoms with E-state index in [0.29, 0.717) is 22.3 Å². The Hall–Kier alpha value is -3.69. The van der Waals surface area contributed by atoms with Gasteiger partial charge in [-0.1, -0.05) is 23.7 Å². The highest BCUT2D eigenvalue weighted by Crippen LogP contribution is 2.40. The molecular formula is C26H23ClN4O4S. The molecule has 0 bridgehead atoms. The Labute approximate surface area is 217 Å². The lowest BCUT2D eigenvalue weighted by atomic mass is 10.2. The van der Waals surface area contributed by atoms with Crippen molar-refractivity contribution in [2.75, 3.05) is 20.0 Å². The van der Waals surface area contributed by atoms with Crippen LogP contribution in [0.2, 0.25) is 5.02 Å². The molecule has 36 heavy (non-hydrogen) atoms. The number of hydrogen-bond acceptors (Lipinski definition) is 6. The number of rotatable bonds is 7. The van der Waals surface area contributed by atoms with E-state index >= 15 is 0 Å². The summed E-state index contributed by atoms with van der Waals surface area (Å²) in [7, 11) is 3.14. The fourth-order valence-electron chi connectivity index (χ4n) is 4.13. The van der Waals surface area contributed by atoms with E-state index in [0.717, 1.165) is 22.2 Å². The van der Waals surface area contributed by atoms with E-state index in [1.807, 2.05) is 53.1 Å². The molecule has 5 rings (SSSR count). The van der Waals surface area contributed by atoms with E-state index in [2.05, 4.69) is 5.43 Å². The number of benzene rings is 3. The average molecular weight is 523 g/mol. The van der Waals surface area contributed by atoms with Gasteiger partial charge in [0.05, 0.1) is 31.0 Å². The summed E-state index contributed by atoms with van der Waals surface area (Å²) in [6, 6.07) is 20.3. The molecule has 1 unspecified atom stereocenters. The molecule has 0 saturated carbocycles. The fraction of sp³-hybridized carbons (Fsp3) is 0.192. The standard InChI is InChI=1S/C26H23ClN4O4S/c1-34-19-11-17(12-20(13-19)35-2)26-31(24(33)15-36-26)29-23(32)14-30-22-6-4-3-5-21(22)28-25(30)16-7-9-18(27)10-8-16/h3-13,26H,14-15H2,1-2H3,(H,29,32). The second-order valence-corrected chi connectivity index (χ2v) is 9.63. The molecule has 8 nitrogen and oxygen atoms in total. The first-order valence-electron chi connectivity index (χ1n) is 11.1. The van der Waals surface area contributed by atoms with Gasteiger partial charge in [-0.05, 0) is 54.1 Å². The maximum absolute atomic E-state index is 13.3. The van der Waals surface area contributed by atoms with Gasteiger partial charge in [0.1, 0.15) is 29.2 Å². The molecule has 2 amide bonds. The molecule has 0 radical (unpaired) electrons. The lowest BCUT2D eigenvalue weighted by Gasteiger charge is -2.25. The second-order valence-electron chi connectivity index (χ2n) is 8.13. The molecule has 1 atom stereocenters. The predicted octanol–water partition coefficient (Wildman–Crippen LogP) is 4.68. The van der Waals surface area contributed by atoms with E-state index in [1.54, 1.807) is 32.4 Å². The largest absolute Gasteiger partial charge is 0.497 e. The quantitative estimate of drug-likeness (QED) is 0.379. The number of nitrogens with zero attached hydrogens (tertiary/aromatic N) is 3. The molecule has 3 aromatic carbocycles. The highest BCUT2D eigenvalue weighted by atomic mass is 35.5. The summed E-state index contributed by atoms with van der Waals surface area (Å²) in [6.45, 7) is -0.0267. The Kier molecular flexibility index (Phi) is 6.75. The van der Waals surface area contributed by atoms with Crippen LogP contribution in [-0.2, 0) is 16.1 Å². The third kappa shape index (κ3) is 4.72. The smallest absolute Gasteiger partial charge is 0.258 e. The molecule has 184 valence electrons. The van der Waals surface area contributed by atoms with Gasteiger partial charge in [0.15, 0.2) is 0 Å². The van der Waals surface area contributed by atoms with Crippen LogP contribution in [0.15, 0.2) is 66.7 Å². The number of thioether (sulfide) groups is 1. The van der Waals surface area contributed by atoms with Crippen LogP contribution in [0.4, 0.5) is 0 Å². The minimum Gasteiger partial charge on any atom is -0.497 e. The fourth-order valence-corrected chi connectivity index (χ4v) is 5.34. The SMILES string of the molecule is COc1cc(OC)cc(C2SCC(=O)N2NC(=O)Cn2c(-c3ccc(Cl)cc3)nc3ccccc32)c1. The highest BCUT2D eigenvalue weighted by Gasteiger charge is 2.35. The Morgan fingerprint density at radius 1 is 1.08 bits per heavy atom. The topological polar surface area (TPSA) is 85.7 Å². The summed E-state index contributed by atoms with van der Waals surface area (Å²) < 4.78 is 12.6. The van der Waals surface area contributed by atoms with Gasteiger partial charge >= 0.3 is 0 Å². The number of hydrogen-bond donors (Lipinski definition) is 1. The number of halogens is 1. The van der Waals surface area contributed by atoms with Crippen molar-refractivity contribution in [1.82, 2.24) is 20.0 Å². The van der Waals surface area contributed by atoms with Crippen LogP contribution in [0.3, 0.4) is 0 Å². The summed E-state index contributed by atoms with van der Waals surface area (Å²) in [5.41, 5.74) is 6.02. The normalized spacial score (nSPS) is 15.4. The van der Waals surface area contributed by atoms with E-state index < -0.39 is 5.37 Å². The van der Waals surface area contributed by atoms with Crippen LogP contribution < -0.4 is 14.9 Å². The number of methoxy groups -OCH3 is 2. The lowest BCUT2D eigenvalue weighted by molar-refractivity contribution is -0.139. The summed E-state index contributed by atoms with van der Waals surface area (Å²) in [5.74, 6) is 1.56. The summed E-state index contributed by atoms with van der Waals surface area (Å²) in [4.78, 5) is 30.8. The van der Waals surface area contributed by atoms with Gasteiger partial charge in [0.2, 0.25) is 0 Å². The summed E-state index contributed by atoms with van der Waals surface area (Å²) in [5, 5.41) is 1.58. The van der Waals surface area contributed by atoms with Crippen LogP contribution in [0, 0.1) is 0 Å². The van der Waals surface area contributed by atoms with Crippen molar-refractivity contribution in [2.45, 2.75) is 11.9 Å². The third-order valence-corrected chi connectivity index (χ3v) is 7.29. The Bertz CT molecular complexity index is 1420. The van der Waals surface area contributed by atoms with Crippen molar-refractivity contribution in [3.05, 3.63) is 77.3 Å². The molecule has 1 aromatic heterocycles. The first-order valence-corrected chi connectivity index (χ1v) is 12.6. The molecule has 1 saturated heterocycles. The number of nitrogens with one attached hydrogen (secondary N) is 1. The van der Waals surface area contributed by atoms with Gasteiger partial charge in [-0.25, -0.2) is 9.99 Å². The van der Waals surface area contributed by atoms with Gasteiger partial charge in [-0.2, -0.15) is 0 Å². The molecule has 1 N–H and O–H groups in total. The zero-order valence-electron chi connectivity index (χ0n) is 19.6. The van der Waals surface area contributed by atoms with Crippen molar-refractivity contribution < 1.29 is 19.1 Å². The lowest BCUT2D eigenvalue weighted by Crippen LogP contribution is -2.45. The zero-order chi connectivity index (χ0) is 25.2. The van der Waals surface area contributed by atoms with Crippen molar-refractivity contribution in [3.63, 3.8) is 0 Å². The maximum Gasteiger partial charge on any atom is 0.258 e. The number of carbonyl (C=O) groups is 2. The zero-order valence-corrected chi connectivity index (χ0v) is 21.2. The van der Waals surface area contributed by atoms with Gasteiger partial charge in [0, 0.05) is 16.7 Å². The van der Waals surface area contributed by atoms with E-state index in [-0.39, 0.29) is 24.1 Å². The van der Waals surface area contributed by atoms with Crippen molar-refractivity contribution in [3.8, 4) is 22.9 Å². The summed E-state index contributed by atoms with van der Waals surface area (Å²) in [6.07, 6.45) is 0. The number of fused-ring (bicyclic) bond motifs is 1. The molecule has 4 aromatic rings. The van der Waals surface area contributed by atoms with Crippen LogP contribution >= 0.6 is 23.4 Å². The van der Waals surface area contributed by atoms with Gasteiger partial charge in [-0.3, -0.25) is 15.0 Å². The minimum atomic E-state index is -0.416. The Morgan fingerprint density at radius 3 is 2.47 bits per heavy atom. The minimum absolute atomic E-state index is 0.0267. The van der Waals surface area contributed by atoms with Crippen LogP contribution in [0.1, 0.15) is 10.9 Å². The summed E-state index contributed by atoms with van der Waals surface area (Å²) >= 11 is 7.49. The predicted molar refractivity (Wildman–Crippen MR) is 140 cm³/mol.